The molecule has 0 radical (unpaired) electrons. The number of carbonyl (C=O) groups excluding carboxylic acids is 1. The van der Waals surface area contributed by atoms with Crippen molar-refractivity contribution in [3.63, 3.8) is 0 Å². The fourth-order valence-corrected chi connectivity index (χ4v) is 4.05. The van der Waals surface area contributed by atoms with Crippen molar-refractivity contribution in [2.75, 3.05) is 18.7 Å². The molecular weight excluding hydrogens is 272 g/mol. The van der Waals surface area contributed by atoms with E-state index in [1.165, 1.54) is 0 Å². The Morgan fingerprint density at radius 2 is 2.30 bits per heavy atom. The molecular formula is C14H24N4OS. The molecule has 2 rings (SSSR count). The fraction of sp³-hybridized carbons (Fsp3) is 0.857. The monoisotopic (exact) mass is 296 g/mol. The zero-order chi connectivity index (χ0) is 14.7. The van der Waals surface area contributed by atoms with Gasteiger partial charge in [-0.3, -0.25) is 9.69 Å². The maximum Gasteiger partial charge on any atom is 0.151 e. The topological polar surface area (TPSA) is 59.4 Å². The number of hydrazine groups is 1. The van der Waals surface area contributed by atoms with Gasteiger partial charge >= 0.3 is 0 Å². The second-order valence-electron chi connectivity index (χ2n) is 5.94. The molecule has 1 aliphatic carbocycles. The molecule has 20 heavy (non-hydrogen) atoms. The largest absolute Gasteiger partial charge is 0.298 e. The minimum Gasteiger partial charge on any atom is -0.298 e. The average molecular weight is 296 g/mol. The normalized spacial score (nSPS) is 33.4. The third-order valence-corrected chi connectivity index (χ3v) is 5.38. The summed E-state index contributed by atoms with van der Waals surface area (Å²) in [6.07, 6.45) is 2.81. The highest BCUT2D eigenvalue weighted by atomic mass is 32.2. The number of ketones is 1. The van der Waals surface area contributed by atoms with E-state index in [4.69, 9.17) is 5.26 Å². The SMILES string of the molecule is CC1CCC(NN(C)C(C)N2CSCC2C#N)C(=O)C1. The Morgan fingerprint density at radius 3 is 2.95 bits per heavy atom. The van der Waals surface area contributed by atoms with Gasteiger partial charge in [0.05, 0.1) is 18.3 Å². The first-order valence-corrected chi connectivity index (χ1v) is 8.43. The van der Waals surface area contributed by atoms with E-state index < -0.39 is 0 Å². The molecule has 1 saturated carbocycles. The van der Waals surface area contributed by atoms with Crippen LogP contribution >= 0.6 is 11.8 Å². The molecule has 6 heteroatoms. The van der Waals surface area contributed by atoms with Crippen LogP contribution in [0.5, 0.6) is 0 Å². The van der Waals surface area contributed by atoms with Crippen molar-refractivity contribution in [1.29, 1.82) is 5.26 Å². The number of nitrogens with zero attached hydrogens (tertiary/aromatic N) is 3. The molecule has 5 nitrogen and oxygen atoms in total. The van der Waals surface area contributed by atoms with E-state index in [-0.39, 0.29) is 18.2 Å². The Balaban J connectivity index is 1.89. The first kappa shape index (κ1) is 15.8. The van der Waals surface area contributed by atoms with Crippen LogP contribution in [0.2, 0.25) is 0 Å². The van der Waals surface area contributed by atoms with Gasteiger partial charge in [-0.2, -0.15) is 5.26 Å². The van der Waals surface area contributed by atoms with Crippen molar-refractivity contribution in [1.82, 2.24) is 15.3 Å². The lowest BCUT2D eigenvalue weighted by Gasteiger charge is -2.37. The molecule has 0 amide bonds. The summed E-state index contributed by atoms with van der Waals surface area (Å²) < 4.78 is 0. The molecule has 112 valence electrons. The zero-order valence-electron chi connectivity index (χ0n) is 12.5. The number of nitrogens with one attached hydrogen (secondary N) is 1. The zero-order valence-corrected chi connectivity index (χ0v) is 13.3. The summed E-state index contributed by atoms with van der Waals surface area (Å²) in [4.78, 5) is 14.2. The second-order valence-corrected chi connectivity index (χ2v) is 6.94. The molecule has 4 unspecified atom stereocenters. The van der Waals surface area contributed by atoms with E-state index in [1.807, 2.05) is 12.1 Å². The summed E-state index contributed by atoms with van der Waals surface area (Å²) in [5.41, 5.74) is 3.33. The van der Waals surface area contributed by atoms with Gasteiger partial charge in [0, 0.05) is 25.1 Å². The maximum atomic E-state index is 12.0. The summed E-state index contributed by atoms with van der Waals surface area (Å²) in [5, 5.41) is 11.2. The van der Waals surface area contributed by atoms with Crippen LogP contribution in [0.4, 0.5) is 0 Å². The fourth-order valence-electron chi connectivity index (χ4n) is 2.85. The van der Waals surface area contributed by atoms with Crippen LogP contribution < -0.4 is 5.43 Å². The molecule has 0 aromatic rings. The highest BCUT2D eigenvalue weighted by Gasteiger charge is 2.33. The molecule has 4 atom stereocenters. The summed E-state index contributed by atoms with van der Waals surface area (Å²) >= 11 is 1.79. The van der Waals surface area contributed by atoms with E-state index in [0.29, 0.717) is 18.1 Å². The van der Waals surface area contributed by atoms with Gasteiger partial charge in [-0.15, -0.1) is 11.8 Å². The number of carbonyl (C=O) groups is 1. The van der Waals surface area contributed by atoms with Crippen molar-refractivity contribution >= 4 is 17.5 Å². The molecule has 0 bridgehead atoms. The summed E-state index contributed by atoms with van der Waals surface area (Å²) in [7, 11) is 1.97. The summed E-state index contributed by atoms with van der Waals surface area (Å²) in [5.74, 6) is 2.58. The quantitative estimate of drug-likeness (QED) is 0.792. The Kier molecular flexibility index (Phi) is 5.44. The van der Waals surface area contributed by atoms with Crippen molar-refractivity contribution in [3.8, 4) is 6.07 Å². The van der Waals surface area contributed by atoms with Crippen LogP contribution in [0, 0.1) is 17.2 Å². The highest BCUT2D eigenvalue weighted by Crippen LogP contribution is 2.24. The van der Waals surface area contributed by atoms with Gasteiger partial charge < -0.3 is 0 Å². The minimum absolute atomic E-state index is 0.0265. The van der Waals surface area contributed by atoms with Gasteiger partial charge in [-0.05, 0) is 25.7 Å². The summed E-state index contributed by atoms with van der Waals surface area (Å²) in [6, 6.07) is 2.26. The molecule has 1 aliphatic heterocycles. The van der Waals surface area contributed by atoms with Crippen LogP contribution in [0.1, 0.15) is 33.1 Å². The molecule has 1 N–H and O–H groups in total. The number of hydrogen-bond acceptors (Lipinski definition) is 6. The van der Waals surface area contributed by atoms with Crippen LogP contribution in [-0.2, 0) is 4.79 Å². The van der Waals surface area contributed by atoms with Crippen molar-refractivity contribution in [3.05, 3.63) is 0 Å². The minimum atomic E-state index is -0.0607. The Hall–Kier alpha value is -0.610. The Labute approximate surface area is 125 Å². The van der Waals surface area contributed by atoms with Gasteiger partial charge in [-0.25, -0.2) is 10.4 Å². The van der Waals surface area contributed by atoms with Crippen LogP contribution in [0.3, 0.4) is 0 Å². The van der Waals surface area contributed by atoms with Gasteiger partial charge in [0.2, 0.25) is 0 Å². The smallest absolute Gasteiger partial charge is 0.151 e. The number of rotatable bonds is 4. The number of Topliss-reactive ketones (excluding diaryl/α,β-unsaturated/α-hetero) is 1. The predicted molar refractivity (Wildman–Crippen MR) is 80.7 cm³/mol. The van der Waals surface area contributed by atoms with Gasteiger partial charge in [-0.1, -0.05) is 6.92 Å². The highest BCUT2D eigenvalue weighted by molar-refractivity contribution is 7.99. The van der Waals surface area contributed by atoms with E-state index in [9.17, 15) is 4.79 Å². The van der Waals surface area contributed by atoms with Gasteiger partial charge in [0.25, 0.3) is 0 Å². The summed E-state index contributed by atoms with van der Waals surface area (Å²) in [6.45, 7) is 4.22. The molecule has 2 fully saturated rings. The van der Waals surface area contributed by atoms with E-state index in [0.717, 1.165) is 24.5 Å². The standard InChI is InChI=1S/C14H24N4OS/c1-10-4-5-13(14(19)6-10)16-17(3)11(2)18-9-20-8-12(18)7-15/h10-13,16H,4-6,8-9H2,1-3H3. The average Bonchev–Trinajstić information content (AvgIpc) is 2.89. The Bertz CT molecular complexity index is 397. The van der Waals surface area contributed by atoms with E-state index >= 15 is 0 Å². The first-order chi connectivity index (χ1) is 9.52. The lowest BCUT2D eigenvalue weighted by molar-refractivity contribution is -0.126. The van der Waals surface area contributed by atoms with Gasteiger partial charge in [0.1, 0.15) is 6.04 Å². The van der Waals surface area contributed by atoms with Crippen LogP contribution in [-0.4, -0.2) is 52.6 Å². The molecule has 0 aromatic carbocycles. The molecule has 0 spiro atoms. The lowest BCUT2D eigenvalue weighted by atomic mass is 9.86. The number of nitriles is 1. The van der Waals surface area contributed by atoms with Crippen molar-refractivity contribution < 1.29 is 4.79 Å². The van der Waals surface area contributed by atoms with E-state index in [1.54, 1.807) is 11.8 Å². The Morgan fingerprint density at radius 1 is 1.55 bits per heavy atom. The van der Waals surface area contributed by atoms with Crippen molar-refractivity contribution in [2.45, 2.75) is 51.4 Å². The number of hydrogen-bond donors (Lipinski definition) is 1. The lowest BCUT2D eigenvalue weighted by Crippen LogP contribution is -2.57. The molecule has 1 heterocycles. The van der Waals surface area contributed by atoms with Crippen LogP contribution in [0.15, 0.2) is 0 Å². The third-order valence-electron chi connectivity index (χ3n) is 4.35. The molecule has 0 aromatic heterocycles. The van der Waals surface area contributed by atoms with E-state index in [2.05, 4.69) is 30.2 Å². The number of thioether (sulfide) groups is 1. The second kappa shape index (κ2) is 6.90. The molecule has 2 aliphatic rings. The van der Waals surface area contributed by atoms with Gasteiger partial charge in [0.15, 0.2) is 5.78 Å². The first-order valence-electron chi connectivity index (χ1n) is 7.27. The predicted octanol–water partition coefficient (Wildman–Crippen LogP) is 1.42. The van der Waals surface area contributed by atoms with Crippen molar-refractivity contribution in [2.24, 2.45) is 5.92 Å². The maximum absolute atomic E-state index is 12.0. The van der Waals surface area contributed by atoms with Crippen LogP contribution in [0.25, 0.3) is 0 Å². The third kappa shape index (κ3) is 3.53. The molecule has 1 saturated heterocycles.